The fourth-order valence-corrected chi connectivity index (χ4v) is 8.50. The van der Waals surface area contributed by atoms with Crippen LogP contribution in [-0.2, 0) is 19.0 Å². The van der Waals surface area contributed by atoms with Crippen LogP contribution in [0.25, 0.3) is 0 Å². The van der Waals surface area contributed by atoms with Gasteiger partial charge in [-0.05, 0) is 154 Å². The topological polar surface area (TPSA) is 83.5 Å². The van der Waals surface area contributed by atoms with Crippen LogP contribution in [0.15, 0.2) is 23.8 Å². The zero-order chi connectivity index (χ0) is 33.1. The molecular formula is C37H63F3O5. The average Bonchev–Trinajstić information content (AvgIpc) is 2.95. The van der Waals surface area contributed by atoms with Crippen molar-refractivity contribution in [1.29, 1.82) is 0 Å². The number of carbonyl (C=O) groups is 2. The van der Waals surface area contributed by atoms with E-state index in [-0.39, 0.29) is 32.8 Å². The van der Waals surface area contributed by atoms with Crippen molar-refractivity contribution in [3.8, 4) is 0 Å². The van der Waals surface area contributed by atoms with Crippen LogP contribution in [0, 0.1) is 46.1 Å². The standard InChI is InChI=1S/C13H22O2.C11H17FO.C10H16.C2H6O.CO.2FH/c1-4-15-11(14)13(3)9-12(2)7-5-10(13)6-8-12;1-10-5-3-8(4-6-10)11(2,7-10)9(12)13;1-8(2)10-6-4-9(3)5-7-10;1-2-3;1-2;;/h10H,4-9H2,1-3H3;8H,3-7H2,1-2H3;4,10H,1,5-7H2,2-3H3;3H,2H2,1H3;;2*1H. The Labute approximate surface area is 271 Å². The summed E-state index contributed by atoms with van der Waals surface area (Å²) in [6.07, 6.45) is 17.4. The fraction of sp³-hybridized carbons (Fsp3) is 0.811. The summed E-state index contributed by atoms with van der Waals surface area (Å²) in [5.74, 6) is 1.69. The van der Waals surface area contributed by atoms with E-state index in [1.165, 1.54) is 63.4 Å². The number of hydrogen-bond acceptors (Lipinski definition) is 4. The van der Waals surface area contributed by atoms with Gasteiger partial charge in [0.25, 0.3) is 0 Å². The Morgan fingerprint density at radius 1 is 0.933 bits per heavy atom. The summed E-state index contributed by atoms with van der Waals surface area (Å²) in [7, 11) is 0. The third kappa shape index (κ3) is 12.0. The Kier molecular flexibility index (Phi) is 19.8. The number of carbonyl (C=O) groups excluding carboxylic acids is 2. The zero-order valence-electron chi connectivity index (χ0n) is 29.4. The first-order valence-corrected chi connectivity index (χ1v) is 16.6. The molecule has 6 fully saturated rings. The SMILES string of the molecule is C=C(C)C1CC=C(C)CC1.CC12CCC(CC1)C(C)(C(=O)F)C2.CCO.CCOC(=O)C1(C)CC2(C)CCC1CC2.F.F.[C-]#[O+]. The Bertz CT molecular complexity index is 976. The molecule has 45 heavy (non-hydrogen) atoms. The number of ether oxygens (including phenoxy) is 1. The van der Waals surface area contributed by atoms with E-state index in [0.29, 0.717) is 23.9 Å². The summed E-state index contributed by atoms with van der Waals surface area (Å²) in [5, 5.41) is 7.57. The van der Waals surface area contributed by atoms with Crippen molar-refractivity contribution in [1.82, 2.24) is 0 Å². The van der Waals surface area contributed by atoms with Crippen molar-refractivity contribution in [3.63, 3.8) is 0 Å². The summed E-state index contributed by atoms with van der Waals surface area (Å²) in [6, 6.07) is -1.08. The summed E-state index contributed by atoms with van der Waals surface area (Å²) in [6.45, 7) is 25.6. The summed E-state index contributed by atoms with van der Waals surface area (Å²) in [5.41, 5.74) is 2.70. The Morgan fingerprint density at radius 3 is 1.62 bits per heavy atom. The van der Waals surface area contributed by atoms with Crippen LogP contribution in [0.1, 0.15) is 139 Å². The number of aliphatic hydroxyl groups excluding tert-OH is 1. The van der Waals surface area contributed by atoms with E-state index in [1.54, 1.807) is 12.5 Å². The van der Waals surface area contributed by atoms with Gasteiger partial charge in [-0.15, -0.1) is 0 Å². The predicted molar refractivity (Wildman–Crippen MR) is 176 cm³/mol. The van der Waals surface area contributed by atoms with Gasteiger partial charge in [0.05, 0.1) is 17.4 Å². The van der Waals surface area contributed by atoms with Gasteiger partial charge in [-0.25, -0.2) is 0 Å². The Hall–Kier alpha value is -1.89. The van der Waals surface area contributed by atoms with E-state index in [9.17, 15) is 14.0 Å². The number of esters is 1. The Morgan fingerprint density at radius 2 is 1.33 bits per heavy atom. The van der Waals surface area contributed by atoms with E-state index < -0.39 is 11.5 Å². The van der Waals surface area contributed by atoms with Gasteiger partial charge in [-0.2, -0.15) is 4.39 Å². The van der Waals surface area contributed by atoms with Crippen LogP contribution in [0.3, 0.4) is 0 Å². The second kappa shape index (κ2) is 19.7. The molecule has 0 heterocycles. The van der Waals surface area contributed by atoms with Gasteiger partial charge in [0.15, 0.2) is 0 Å². The Balaban J connectivity index is 0. The quantitative estimate of drug-likeness (QED) is 0.109. The van der Waals surface area contributed by atoms with Crippen LogP contribution in [0.5, 0.6) is 0 Å². The molecule has 0 saturated heterocycles. The first-order chi connectivity index (χ1) is 20.1. The molecule has 8 heteroatoms. The molecule has 0 spiro atoms. The summed E-state index contributed by atoms with van der Waals surface area (Å²) >= 11 is 0. The second-order valence-corrected chi connectivity index (χ2v) is 15.0. The van der Waals surface area contributed by atoms with E-state index in [0.717, 1.165) is 31.6 Å². The van der Waals surface area contributed by atoms with Crippen molar-refractivity contribution < 1.29 is 37.9 Å². The minimum absolute atomic E-state index is 0. The molecule has 5 nitrogen and oxygen atoms in total. The molecule has 0 aromatic rings. The maximum absolute atomic E-state index is 13.0. The van der Waals surface area contributed by atoms with Crippen LogP contribution in [-0.4, -0.2) is 30.3 Å². The monoisotopic (exact) mass is 644 g/mol. The van der Waals surface area contributed by atoms with Crippen molar-refractivity contribution in [2.45, 2.75) is 139 Å². The van der Waals surface area contributed by atoms with E-state index >= 15 is 0 Å². The van der Waals surface area contributed by atoms with Crippen LogP contribution in [0.4, 0.5) is 13.8 Å². The van der Waals surface area contributed by atoms with Crippen molar-refractivity contribution in [3.05, 3.63) is 30.5 Å². The first kappa shape index (κ1) is 45.2. The molecule has 1 N–H and O–H groups in total. The first-order valence-electron chi connectivity index (χ1n) is 16.6. The third-order valence-corrected chi connectivity index (χ3v) is 11.3. The molecule has 4 bridgehead atoms. The van der Waals surface area contributed by atoms with Crippen molar-refractivity contribution in [2.24, 2.45) is 39.4 Å². The maximum atomic E-state index is 13.0. The summed E-state index contributed by atoms with van der Waals surface area (Å²) < 4.78 is 25.7. The number of fused-ring (bicyclic) bond motifs is 6. The molecule has 0 aromatic carbocycles. The molecule has 0 amide bonds. The van der Waals surface area contributed by atoms with Crippen LogP contribution < -0.4 is 0 Å². The molecule has 3 atom stereocenters. The minimum atomic E-state index is -1.08. The zero-order valence-corrected chi connectivity index (χ0v) is 29.4. The van der Waals surface area contributed by atoms with Crippen molar-refractivity contribution in [2.75, 3.05) is 13.2 Å². The van der Waals surface area contributed by atoms with Gasteiger partial charge in [0.2, 0.25) is 0 Å². The third-order valence-electron chi connectivity index (χ3n) is 11.3. The molecule has 3 unspecified atom stereocenters. The molecule has 6 saturated carbocycles. The number of halogens is 3. The molecule has 262 valence electrons. The normalized spacial score (nSPS) is 35.1. The fourth-order valence-electron chi connectivity index (χ4n) is 8.50. The number of aliphatic hydroxyl groups is 1. The van der Waals surface area contributed by atoms with Gasteiger partial charge in [-0.1, -0.05) is 37.6 Å². The predicted octanol–water partition coefficient (Wildman–Crippen LogP) is 9.82. The van der Waals surface area contributed by atoms with Crippen LogP contribution >= 0.6 is 0 Å². The van der Waals surface area contributed by atoms with Gasteiger partial charge in [-0.3, -0.25) is 19.0 Å². The molecule has 0 aliphatic heterocycles. The summed E-state index contributed by atoms with van der Waals surface area (Å²) in [4.78, 5) is 23.0. The molecule has 7 rings (SSSR count). The number of hydrogen-bond donors (Lipinski definition) is 1. The van der Waals surface area contributed by atoms with E-state index in [4.69, 9.17) is 14.5 Å². The van der Waals surface area contributed by atoms with Gasteiger partial charge < -0.3 is 9.84 Å². The van der Waals surface area contributed by atoms with Crippen molar-refractivity contribution >= 4 is 12.0 Å². The molecule has 0 aromatic heterocycles. The second-order valence-electron chi connectivity index (χ2n) is 15.0. The molecular weight excluding hydrogens is 581 g/mol. The molecule has 7 aliphatic carbocycles. The van der Waals surface area contributed by atoms with Gasteiger partial charge in [0, 0.05) is 6.61 Å². The molecule has 0 radical (unpaired) electrons. The van der Waals surface area contributed by atoms with Gasteiger partial charge in [0.1, 0.15) is 0 Å². The van der Waals surface area contributed by atoms with E-state index in [1.807, 2.05) is 13.8 Å². The number of rotatable bonds is 4. The van der Waals surface area contributed by atoms with E-state index in [2.05, 4.69) is 53.9 Å². The van der Waals surface area contributed by atoms with Crippen LogP contribution in [0.2, 0.25) is 0 Å². The molecule has 7 aliphatic rings. The van der Waals surface area contributed by atoms with Gasteiger partial charge >= 0.3 is 23.3 Å². The average molecular weight is 645 g/mol. The number of allylic oxidation sites excluding steroid dienone is 3.